The third kappa shape index (κ3) is 5.14. The molecule has 0 aliphatic heterocycles. The number of carbonyl (C=O) groups is 1. The molecular formula is C21H20FN3O. The molecule has 0 radical (unpaired) electrons. The Morgan fingerprint density at radius 3 is 2.50 bits per heavy atom. The molecule has 0 saturated carbocycles. The van der Waals surface area contributed by atoms with Gasteiger partial charge in [0.05, 0.1) is 0 Å². The Hall–Kier alpha value is -3.21. The second-order valence-corrected chi connectivity index (χ2v) is 5.90. The normalized spacial score (nSPS) is 10.3. The standard InChI is InChI=1S/C21H20FN3O/c22-19-8-6-17(7-9-19)15-25-20-14-18(11-13-23-20)21(26)24-12-10-16-4-2-1-3-5-16/h1-9,11,13-14H,10,12,15H2,(H,23,25)(H,24,26). The third-order valence-electron chi connectivity index (χ3n) is 3.95. The molecule has 0 spiro atoms. The predicted molar refractivity (Wildman–Crippen MR) is 100 cm³/mol. The summed E-state index contributed by atoms with van der Waals surface area (Å²) < 4.78 is 12.9. The number of hydrogen-bond donors (Lipinski definition) is 2. The molecule has 5 heteroatoms. The third-order valence-corrected chi connectivity index (χ3v) is 3.95. The maximum atomic E-state index is 12.9. The van der Waals surface area contributed by atoms with Crippen molar-refractivity contribution in [3.8, 4) is 0 Å². The number of nitrogens with zero attached hydrogens (tertiary/aromatic N) is 1. The van der Waals surface area contributed by atoms with Gasteiger partial charge in [-0.3, -0.25) is 4.79 Å². The first kappa shape index (κ1) is 17.6. The Balaban J connectivity index is 1.52. The smallest absolute Gasteiger partial charge is 0.251 e. The van der Waals surface area contributed by atoms with Gasteiger partial charge < -0.3 is 10.6 Å². The van der Waals surface area contributed by atoms with Crippen LogP contribution in [0.2, 0.25) is 0 Å². The molecular weight excluding hydrogens is 329 g/mol. The zero-order chi connectivity index (χ0) is 18.2. The van der Waals surface area contributed by atoms with Gasteiger partial charge in [0.1, 0.15) is 11.6 Å². The van der Waals surface area contributed by atoms with Gasteiger partial charge in [-0.2, -0.15) is 0 Å². The van der Waals surface area contributed by atoms with Gasteiger partial charge in [-0.1, -0.05) is 42.5 Å². The van der Waals surface area contributed by atoms with E-state index in [0.717, 1.165) is 12.0 Å². The first-order valence-electron chi connectivity index (χ1n) is 8.47. The number of nitrogens with one attached hydrogen (secondary N) is 2. The first-order chi connectivity index (χ1) is 12.7. The number of amides is 1. The molecule has 1 amide bonds. The molecule has 4 nitrogen and oxygen atoms in total. The fourth-order valence-electron chi connectivity index (χ4n) is 2.53. The molecule has 26 heavy (non-hydrogen) atoms. The van der Waals surface area contributed by atoms with Gasteiger partial charge in [-0.15, -0.1) is 0 Å². The number of aromatic nitrogens is 1. The number of pyridine rings is 1. The van der Waals surface area contributed by atoms with Crippen molar-refractivity contribution in [3.63, 3.8) is 0 Å². The lowest BCUT2D eigenvalue weighted by molar-refractivity contribution is 0.0954. The topological polar surface area (TPSA) is 54.0 Å². The van der Waals surface area contributed by atoms with Crippen molar-refractivity contribution in [2.24, 2.45) is 0 Å². The van der Waals surface area contributed by atoms with Crippen molar-refractivity contribution < 1.29 is 9.18 Å². The molecule has 132 valence electrons. The van der Waals surface area contributed by atoms with Crippen LogP contribution >= 0.6 is 0 Å². The van der Waals surface area contributed by atoms with Crippen LogP contribution in [-0.4, -0.2) is 17.4 Å². The number of hydrogen-bond acceptors (Lipinski definition) is 3. The monoisotopic (exact) mass is 349 g/mol. The zero-order valence-electron chi connectivity index (χ0n) is 14.3. The minimum absolute atomic E-state index is 0.131. The molecule has 3 rings (SSSR count). The van der Waals surface area contributed by atoms with Crippen LogP contribution in [0.15, 0.2) is 72.9 Å². The molecule has 0 fully saturated rings. The number of anilines is 1. The summed E-state index contributed by atoms with van der Waals surface area (Å²) in [5.41, 5.74) is 2.67. The van der Waals surface area contributed by atoms with E-state index < -0.39 is 0 Å². The molecule has 0 saturated heterocycles. The fourth-order valence-corrected chi connectivity index (χ4v) is 2.53. The highest BCUT2D eigenvalue weighted by molar-refractivity contribution is 5.94. The van der Waals surface area contributed by atoms with Crippen molar-refractivity contribution in [3.05, 3.63) is 95.4 Å². The summed E-state index contributed by atoms with van der Waals surface area (Å²) in [5.74, 6) is 0.208. The van der Waals surface area contributed by atoms with Crippen LogP contribution in [0.3, 0.4) is 0 Å². The van der Waals surface area contributed by atoms with Crippen molar-refractivity contribution in [2.45, 2.75) is 13.0 Å². The second-order valence-electron chi connectivity index (χ2n) is 5.90. The Morgan fingerprint density at radius 1 is 0.962 bits per heavy atom. The van der Waals surface area contributed by atoms with Crippen LogP contribution in [0, 0.1) is 5.82 Å². The van der Waals surface area contributed by atoms with E-state index in [4.69, 9.17) is 0 Å². The Bertz CT molecular complexity index is 851. The second kappa shape index (κ2) is 8.76. The summed E-state index contributed by atoms with van der Waals surface area (Å²) >= 11 is 0. The fraction of sp³-hybridized carbons (Fsp3) is 0.143. The summed E-state index contributed by atoms with van der Waals surface area (Å²) in [5, 5.41) is 6.06. The average molecular weight is 349 g/mol. The van der Waals surface area contributed by atoms with Gasteiger partial charge in [-0.25, -0.2) is 9.37 Å². The maximum absolute atomic E-state index is 12.9. The number of rotatable bonds is 7. The van der Waals surface area contributed by atoms with Crippen LogP contribution in [0.1, 0.15) is 21.5 Å². The molecule has 0 unspecified atom stereocenters. The largest absolute Gasteiger partial charge is 0.366 e. The minimum Gasteiger partial charge on any atom is -0.366 e. The molecule has 2 N–H and O–H groups in total. The molecule has 1 heterocycles. The van der Waals surface area contributed by atoms with E-state index in [1.54, 1.807) is 30.5 Å². The van der Waals surface area contributed by atoms with Crippen LogP contribution in [-0.2, 0) is 13.0 Å². The highest BCUT2D eigenvalue weighted by Gasteiger charge is 2.06. The Morgan fingerprint density at radius 2 is 1.73 bits per heavy atom. The summed E-state index contributed by atoms with van der Waals surface area (Å²) in [6.07, 6.45) is 2.38. The summed E-state index contributed by atoms with van der Waals surface area (Å²) in [6.45, 7) is 1.08. The number of benzene rings is 2. The van der Waals surface area contributed by atoms with E-state index in [0.29, 0.717) is 24.5 Å². The number of carbonyl (C=O) groups excluding carboxylic acids is 1. The average Bonchev–Trinajstić information content (AvgIpc) is 2.68. The van der Waals surface area contributed by atoms with Crippen molar-refractivity contribution in [2.75, 3.05) is 11.9 Å². The van der Waals surface area contributed by atoms with E-state index in [1.165, 1.54) is 17.7 Å². The molecule has 0 atom stereocenters. The van der Waals surface area contributed by atoms with Gasteiger partial charge in [0.15, 0.2) is 0 Å². The van der Waals surface area contributed by atoms with Crippen LogP contribution in [0.25, 0.3) is 0 Å². The molecule has 0 aliphatic rings. The van der Waals surface area contributed by atoms with Gasteiger partial charge >= 0.3 is 0 Å². The molecule has 0 aliphatic carbocycles. The SMILES string of the molecule is O=C(NCCc1ccccc1)c1ccnc(NCc2ccc(F)cc2)c1. The van der Waals surface area contributed by atoms with Crippen molar-refractivity contribution in [1.29, 1.82) is 0 Å². The van der Waals surface area contributed by atoms with E-state index in [-0.39, 0.29) is 11.7 Å². The van der Waals surface area contributed by atoms with Crippen LogP contribution in [0.4, 0.5) is 10.2 Å². The Kier molecular flexibility index (Phi) is 5.93. The van der Waals surface area contributed by atoms with Gasteiger partial charge in [-0.05, 0) is 41.8 Å². The first-order valence-corrected chi connectivity index (χ1v) is 8.47. The van der Waals surface area contributed by atoms with Crippen LogP contribution in [0.5, 0.6) is 0 Å². The molecule has 1 aromatic heterocycles. The van der Waals surface area contributed by atoms with Crippen molar-refractivity contribution in [1.82, 2.24) is 10.3 Å². The molecule has 0 bridgehead atoms. The lowest BCUT2D eigenvalue weighted by Gasteiger charge is -2.09. The van der Waals surface area contributed by atoms with Crippen LogP contribution < -0.4 is 10.6 Å². The quantitative estimate of drug-likeness (QED) is 0.682. The summed E-state index contributed by atoms with van der Waals surface area (Å²) in [7, 11) is 0. The highest BCUT2D eigenvalue weighted by Crippen LogP contribution is 2.10. The van der Waals surface area contributed by atoms with E-state index >= 15 is 0 Å². The van der Waals surface area contributed by atoms with Gasteiger partial charge in [0.2, 0.25) is 0 Å². The van der Waals surface area contributed by atoms with E-state index in [1.807, 2.05) is 30.3 Å². The van der Waals surface area contributed by atoms with Crippen molar-refractivity contribution >= 4 is 11.7 Å². The van der Waals surface area contributed by atoms with E-state index in [2.05, 4.69) is 15.6 Å². The van der Waals surface area contributed by atoms with E-state index in [9.17, 15) is 9.18 Å². The number of halogens is 1. The Labute approximate surface area is 152 Å². The lowest BCUT2D eigenvalue weighted by Crippen LogP contribution is -2.25. The predicted octanol–water partition coefficient (Wildman–Crippen LogP) is 3.81. The summed E-state index contributed by atoms with van der Waals surface area (Å²) in [6, 6.07) is 19.7. The minimum atomic E-state index is -0.263. The molecule has 2 aromatic carbocycles. The van der Waals surface area contributed by atoms with Gasteiger partial charge in [0, 0.05) is 24.8 Å². The zero-order valence-corrected chi connectivity index (χ0v) is 14.3. The highest BCUT2D eigenvalue weighted by atomic mass is 19.1. The lowest BCUT2D eigenvalue weighted by atomic mass is 10.1. The van der Waals surface area contributed by atoms with Gasteiger partial charge in [0.25, 0.3) is 5.91 Å². The summed E-state index contributed by atoms with van der Waals surface area (Å²) in [4.78, 5) is 16.5. The molecule has 3 aromatic rings. The maximum Gasteiger partial charge on any atom is 0.251 e.